The summed E-state index contributed by atoms with van der Waals surface area (Å²) in [7, 11) is 1.64. The molecule has 100 valence electrons. The molecule has 0 atom stereocenters. The van der Waals surface area contributed by atoms with Gasteiger partial charge in [0.05, 0.1) is 12.2 Å². The van der Waals surface area contributed by atoms with Gasteiger partial charge in [0.2, 0.25) is 0 Å². The Balaban J connectivity index is 2.77. The van der Waals surface area contributed by atoms with Crippen molar-refractivity contribution in [1.29, 1.82) is 0 Å². The van der Waals surface area contributed by atoms with Crippen LogP contribution in [0.2, 0.25) is 0 Å². The third-order valence-corrected chi connectivity index (χ3v) is 2.60. The highest BCUT2D eigenvalue weighted by atomic mass is 16.5. The minimum Gasteiger partial charge on any atom is -0.383 e. The highest BCUT2D eigenvalue weighted by Gasteiger charge is 2.16. The summed E-state index contributed by atoms with van der Waals surface area (Å²) in [5, 5.41) is 0. The lowest BCUT2D eigenvalue weighted by atomic mass is 10.1. The molecule has 0 fully saturated rings. The lowest BCUT2D eigenvalue weighted by Gasteiger charge is -2.24. The molecule has 0 saturated heterocycles. The highest BCUT2D eigenvalue weighted by Crippen LogP contribution is 2.07. The summed E-state index contributed by atoms with van der Waals surface area (Å²) in [6, 6.07) is 3.68. The van der Waals surface area contributed by atoms with Crippen LogP contribution in [0.25, 0.3) is 0 Å². The van der Waals surface area contributed by atoms with Gasteiger partial charge in [-0.2, -0.15) is 0 Å². The van der Waals surface area contributed by atoms with Crippen LogP contribution in [0.5, 0.6) is 0 Å². The van der Waals surface area contributed by atoms with Gasteiger partial charge < -0.3 is 9.64 Å². The van der Waals surface area contributed by atoms with E-state index in [1.54, 1.807) is 13.3 Å². The fraction of sp³-hybridized carbons (Fsp3) is 0.571. The van der Waals surface area contributed by atoms with Gasteiger partial charge in [0.1, 0.15) is 0 Å². The molecule has 0 aromatic carbocycles. The second-order valence-electron chi connectivity index (χ2n) is 4.83. The summed E-state index contributed by atoms with van der Waals surface area (Å²) in [6.45, 7) is 8.00. The molecule has 0 spiro atoms. The zero-order chi connectivity index (χ0) is 13.5. The van der Waals surface area contributed by atoms with Crippen LogP contribution in [-0.4, -0.2) is 42.6 Å². The largest absolute Gasteiger partial charge is 0.383 e. The Morgan fingerprint density at radius 2 is 2.17 bits per heavy atom. The molecule has 1 heterocycles. The van der Waals surface area contributed by atoms with Gasteiger partial charge in [0.15, 0.2) is 0 Å². The molecule has 0 unspecified atom stereocenters. The number of methoxy groups -OCH3 is 1. The summed E-state index contributed by atoms with van der Waals surface area (Å²) in [5.74, 6) is 0.456. The minimum atomic E-state index is 0.0215. The van der Waals surface area contributed by atoms with Crippen LogP contribution >= 0.6 is 0 Å². The van der Waals surface area contributed by atoms with E-state index >= 15 is 0 Å². The van der Waals surface area contributed by atoms with Crippen LogP contribution in [0.3, 0.4) is 0 Å². The van der Waals surface area contributed by atoms with Crippen LogP contribution in [-0.2, 0) is 4.74 Å². The molecule has 0 bridgehead atoms. The fourth-order valence-corrected chi connectivity index (χ4v) is 1.69. The molecule has 0 saturated carbocycles. The molecule has 0 aliphatic rings. The maximum absolute atomic E-state index is 12.3. The minimum absolute atomic E-state index is 0.0215. The summed E-state index contributed by atoms with van der Waals surface area (Å²) < 4.78 is 5.05. The third-order valence-electron chi connectivity index (χ3n) is 2.60. The van der Waals surface area contributed by atoms with Crippen molar-refractivity contribution >= 4 is 5.91 Å². The Bertz CT molecular complexity index is 374. The number of hydrogen-bond donors (Lipinski definition) is 0. The molecule has 4 nitrogen and oxygen atoms in total. The van der Waals surface area contributed by atoms with Gasteiger partial charge in [0.25, 0.3) is 5.91 Å². The number of rotatable bonds is 6. The van der Waals surface area contributed by atoms with Gasteiger partial charge in [0, 0.05) is 32.1 Å². The van der Waals surface area contributed by atoms with Crippen LogP contribution in [0, 0.1) is 12.8 Å². The van der Waals surface area contributed by atoms with Gasteiger partial charge >= 0.3 is 0 Å². The Morgan fingerprint density at radius 3 is 2.67 bits per heavy atom. The molecule has 0 N–H and O–H groups in total. The number of carbonyl (C=O) groups excluding carboxylic acids is 1. The van der Waals surface area contributed by atoms with Crippen molar-refractivity contribution in [2.24, 2.45) is 5.92 Å². The molecule has 1 rings (SSSR count). The van der Waals surface area contributed by atoms with Gasteiger partial charge in [-0.1, -0.05) is 13.8 Å². The first kappa shape index (κ1) is 14.6. The van der Waals surface area contributed by atoms with Crippen LogP contribution in [0.15, 0.2) is 18.3 Å². The first-order valence-electron chi connectivity index (χ1n) is 6.25. The molecule has 1 amide bonds. The lowest BCUT2D eigenvalue weighted by molar-refractivity contribution is 0.0672. The third kappa shape index (κ3) is 4.45. The summed E-state index contributed by atoms with van der Waals surface area (Å²) >= 11 is 0. The van der Waals surface area contributed by atoms with Crippen molar-refractivity contribution in [3.63, 3.8) is 0 Å². The SMILES string of the molecule is COCCN(CC(C)C)C(=O)c1ccc(C)nc1. The smallest absolute Gasteiger partial charge is 0.255 e. The molecule has 1 aromatic rings. The summed E-state index contributed by atoms with van der Waals surface area (Å²) in [6.07, 6.45) is 1.64. The van der Waals surface area contributed by atoms with E-state index in [2.05, 4.69) is 18.8 Å². The highest BCUT2D eigenvalue weighted by molar-refractivity contribution is 5.93. The van der Waals surface area contributed by atoms with Gasteiger partial charge in [-0.25, -0.2) is 0 Å². The Labute approximate surface area is 109 Å². The zero-order valence-electron chi connectivity index (χ0n) is 11.6. The van der Waals surface area contributed by atoms with Crippen LogP contribution in [0.1, 0.15) is 29.9 Å². The number of aromatic nitrogens is 1. The Kier molecular flexibility index (Phi) is 5.78. The molecule has 0 radical (unpaired) electrons. The summed E-state index contributed by atoms with van der Waals surface area (Å²) in [5.41, 5.74) is 1.55. The number of ether oxygens (including phenoxy) is 1. The predicted molar refractivity (Wildman–Crippen MR) is 71.6 cm³/mol. The molecule has 1 aromatic heterocycles. The van der Waals surface area contributed by atoms with Crippen molar-refractivity contribution in [1.82, 2.24) is 9.88 Å². The van der Waals surface area contributed by atoms with E-state index in [4.69, 9.17) is 4.74 Å². The van der Waals surface area contributed by atoms with E-state index in [0.717, 1.165) is 12.2 Å². The molecule has 0 aliphatic carbocycles. The number of hydrogen-bond acceptors (Lipinski definition) is 3. The number of aryl methyl sites for hydroxylation is 1. The van der Waals surface area contributed by atoms with Crippen molar-refractivity contribution in [3.8, 4) is 0 Å². The Hall–Kier alpha value is -1.42. The fourth-order valence-electron chi connectivity index (χ4n) is 1.69. The van der Waals surface area contributed by atoms with Crippen molar-refractivity contribution < 1.29 is 9.53 Å². The Morgan fingerprint density at radius 1 is 1.44 bits per heavy atom. The van der Waals surface area contributed by atoms with Crippen molar-refractivity contribution in [2.75, 3.05) is 26.8 Å². The second kappa shape index (κ2) is 7.11. The van der Waals surface area contributed by atoms with E-state index in [9.17, 15) is 4.79 Å². The normalized spacial score (nSPS) is 10.7. The molecular formula is C14H22N2O2. The van der Waals surface area contributed by atoms with Gasteiger partial charge in [-0.05, 0) is 25.0 Å². The monoisotopic (exact) mass is 250 g/mol. The summed E-state index contributed by atoms with van der Waals surface area (Å²) in [4.78, 5) is 18.3. The average Bonchev–Trinajstić information content (AvgIpc) is 2.34. The second-order valence-corrected chi connectivity index (χ2v) is 4.83. The van der Waals surface area contributed by atoms with Crippen LogP contribution < -0.4 is 0 Å². The van der Waals surface area contributed by atoms with Gasteiger partial charge in [-0.3, -0.25) is 9.78 Å². The maximum Gasteiger partial charge on any atom is 0.255 e. The number of carbonyl (C=O) groups is 1. The zero-order valence-corrected chi connectivity index (χ0v) is 11.6. The average molecular weight is 250 g/mol. The van der Waals surface area contributed by atoms with E-state index < -0.39 is 0 Å². The quantitative estimate of drug-likeness (QED) is 0.776. The first-order valence-corrected chi connectivity index (χ1v) is 6.25. The molecule has 4 heteroatoms. The van der Waals surface area contributed by atoms with E-state index in [-0.39, 0.29) is 5.91 Å². The molecule has 18 heavy (non-hydrogen) atoms. The van der Waals surface area contributed by atoms with Crippen molar-refractivity contribution in [2.45, 2.75) is 20.8 Å². The predicted octanol–water partition coefficient (Wildman–Crippen LogP) is 2.13. The lowest BCUT2D eigenvalue weighted by Crippen LogP contribution is -2.36. The van der Waals surface area contributed by atoms with E-state index in [1.807, 2.05) is 24.0 Å². The molecular weight excluding hydrogens is 228 g/mol. The number of pyridine rings is 1. The van der Waals surface area contributed by atoms with Gasteiger partial charge in [-0.15, -0.1) is 0 Å². The maximum atomic E-state index is 12.3. The van der Waals surface area contributed by atoms with E-state index in [0.29, 0.717) is 24.6 Å². The number of nitrogens with zero attached hydrogens (tertiary/aromatic N) is 2. The molecule has 0 aliphatic heterocycles. The topological polar surface area (TPSA) is 42.4 Å². The van der Waals surface area contributed by atoms with Crippen molar-refractivity contribution in [3.05, 3.63) is 29.6 Å². The van der Waals surface area contributed by atoms with E-state index in [1.165, 1.54) is 0 Å². The number of amides is 1. The first-order chi connectivity index (χ1) is 8.54. The van der Waals surface area contributed by atoms with Crippen LogP contribution in [0.4, 0.5) is 0 Å². The standard InChI is InChI=1S/C14H22N2O2/c1-11(2)10-16(7-8-18-4)14(17)13-6-5-12(3)15-9-13/h5-6,9,11H,7-8,10H2,1-4H3.